The summed E-state index contributed by atoms with van der Waals surface area (Å²) in [5, 5.41) is 6.24. The molecule has 0 bridgehead atoms. The van der Waals surface area contributed by atoms with Crippen LogP contribution < -0.4 is 10.6 Å². The average Bonchev–Trinajstić information content (AvgIpc) is 3.13. The van der Waals surface area contributed by atoms with Gasteiger partial charge in [0.2, 0.25) is 5.91 Å². The fraction of sp³-hybridized carbons (Fsp3) is 0.211. The van der Waals surface area contributed by atoms with Crippen LogP contribution in [0.15, 0.2) is 61.3 Å². The number of aryl methyl sites for hydroxylation is 2. The van der Waals surface area contributed by atoms with Crippen LogP contribution in [0.1, 0.15) is 17.7 Å². The molecule has 2 N–H and O–H groups in total. The highest BCUT2D eigenvalue weighted by Crippen LogP contribution is 2.16. The highest BCUT2D eigenvalue weighted by molar-refractivity contribution is 5.91. The molecule has 1 aromatic carbocycles. The van der Waals surface area contributed by atoms with E-state index in [9.17, 15) is 4.79 Å². The normalized spacial score (nSPS) is 10.4. The summed E-state index contributed by atoms with van der Waals surface area (Å²) in [5.74, 6) is -0.0222. The summed E-state index contributed by atoms with van der Waals surface area (Å²) in [7, 11) is 0. The number of hydrogen-bond donors (Lipinski definition) is 2. The molecule has 0 saturated heterocycles. The van der Waals surface area contributed by atoms with E-state index in [0.29, 0.717) is 19.5 Å². The number of nitrogens with one attached hydrogen (secondary N) is 2. The summed E-state index contributed by atoms with van der Waals surface area (Å²) in [5.41, 5.74) is 3.83. The maximum atomic E-state index is 12.1. The molecule has 25 heavy (non-hydrogen) atoms. The molecule has 6 heteroatoms. The predicted octanol–water partition coefficient (Wildman–Crippen LogP) is 3.23. The van der Waals surface area contributed by atoms with Crippen molar-refractivity contribution in [3.8, 4) is 0 Å². The van der Waals surface area contributed by atoms with Gasteiger partial charge in [-0.2, -0.15) is 0 Å². The third-order valence-electron chi connectivity index (χ3n) is 3.75. The molecule has 128 valence electrons. The molecule has 0 radical (unpaired) electrons. The molecule has 0 aliphatic heterocycles. The molecule has 6 nitrogen and oxygen atoms in total. The molecule has 3 aromatic rings. The lowest BCUT2D eigenvalue weighted by molar-refractivity contribution is -0.116. The number of nitrogens with zero attached hydrogens (tertiary/aromatic N) is 3. The number of hydrogen-bond acceptors (Lipinski definition) is 4. The number of benzene rings is 1. The van der Waals surface area contributed by atoms with E-state index in [4.69, 9.17) is 0 Å². The minimum Gasteiger partial charge on any atom is -0.379 e. The molecular formula is C19H21N5O. The van der Waals surface area contributed by atoms with Crippen LogP contribution >= 0.6 is 0 Å². The van der Waals surface area contributed by atoms with Gasteiger partial charge in [-0.05, 0) is 36.8 Å². The van der Waals surface area contributed by atoms with Crippen molar-refractivity contribution in [2.24, 2.45) is 0 Å². The van der Waals surface area contributed by atoms with Crippen LogP contribution in [0.5, 0.6) is 0 Å². The standard InChI is InChI=1S/C19H21N5O/c1-15-5-6-18(21-12-15)13-22-16-3-2-4-17(11-16)23-19(25)7-9-24-10-8-20-14-24/h2-6,8,10-12,14,22H,7,9,13H2,1H3,(H,23,25). The number of carbonyl (C=O) groups is 1. The highest BCUT2D eigenvalue weighted by atomic mass is 16.1. The Morgan fingerprint density at radius 2 is 2.08 bits per heavy atom. The SMILES string of the molecule is Cc1ccc(CNc2cccc(NC(=O)CCn3ccnc3)c2)nc1. The molecule has 0 atom stereocenters. The Kier molecular flexibility index (Phi) is 5.41. The molecule has 0 spiro atoms. The zero-order valence-electron chi connectivity index (χ0n) is 14.1. The van der Waals surface area contributed by atoms with Crippen LogP contribution in [0.4, 0.5) is 11.4 Å². The first-order valence-electron chi connectivity index (χ1n) is 8.20. The third-order valence-corrected chi connectivity index (χ3v) is 3.75. The van der Waals surface area contributed by atoms with Gasteiger partial charge in [-0.25, -0.2) is 4.98 Å². The summed E-state index contributed by atoms with van der Waals surface area (Å²) in [4.78, 5) is 20.4. The molecule has 0 aliphatic carbocycles. The maximum absolute atomic E-state index is 12.1. The summed E-state index contributed by atoms with van der Waals surface area (Å²) in [6, 6.07) is 11.7. The third kappa shape index (κ3) is 5.17. The summed E-state index contributed by atoms with van der Waals surface area (Å²) in [6.45, 7) is 3.27. The Morgan fingerprint density at radius 1 is 1.20 bits per heavy atom. The monoisotopic (exact) mass is 335 g/mol. The van der Waals surface area contributed by atoms with Crippen molar-refractivity contribution < 1.29 is 4.79 Å². The molecule has 3 rings (SSSR count). The van der Waals surface area contributed by atoms with E-state index in [1.165, 1.54) is 0 Å². The lowest BCUT2D eigenvalue weighted by Crippen LogP contribution is -2.14. The number of anilines is 2. The van der Waals surface area contributed by atoms with E-state index < -0.39 is 0 Å². The lowest BCUT2D eigenvalue weighted by Gasteiger charge is -2.10. The van der Waals surface area contributed by atoms with Crippen LogP contribution in [0.25, 0.3) is 0 Å². The zero-order chi connectivity index (χ0) is 17.5. The van der Waals surface area contributed by atoms with Crippen molar-refractivity contribution >= 4 is 17.3 Å². The van der Waals surface area contributed by atoms with E-state index in [1.807, 2.05) is 60.3 Å². The van der Waals surface area contributed by atoms with Gasteiger partial charge in [0.15, 0.2) is 0 Å². The summed E-state index contributed by atoms with van der Waals surface area (Å²) < 4.78 is 1.88. The number of amides is 1. The van der Waals surface area contributed by atoms with E-state index in [-0.39, 0.29) is 5.91 Å². The fourth-order valence-electron chi connectivity index (χ4n) is 2.38. The molecule has 0 aliphatic rings. The highest BCUT2D eigenvalue weighted by Gasteiger charge is 2.04. The summed E-state index contributed by atoms with van der Waals surface area (Å²) in [6.07, 6.45) is 7.51. The molecule has 2 heterocycles. The number of imidazole rings is 1. The molecule has 0 unspecified atom stereocenters. The topological polar surface area (TPSA) is 71.8 Å². The van der Waals surface area contributed by atoms with Gasteiger partial charge in [0.25, 0.3) is 0 Å². The minimum absolute atomic E-state index is 0.0222. The van der Waals surface area contributed by atoms with Gasteiger partial charge in [0, 0.05) is 42.9 Å². The van der Waals surface area contributed by atoms with E-state index in [0.717, 1.165) is 22.6 Å². The minimum atomic E-state index is -0.0222. The molecular weight excluding hydrogens is 314 g/mol. The second-order valence-electron chi connectivity index (χ2n) is 5.86. The molecule has 0 saturated carbocycles. The first-order chi connectivity index (χ1) is 12.2. The second-order valence-corrected chi connectivity index (χ2v) is 5.86. The van der Waals surface area contributed by atoms with Gasteiger partial charge in [-0.3, -0.25) is 9.78 Å². The fourth-order valence-corrected chi connectivity index (χ4v) is 2.38. The quantitative estimate of drug-likeness (QED) is 0.695. The second kappa shape index (κ2) is 8.10. The van der Waals surface area contributed by atoms with Gasteiger partial charge in [-0.15, -0.1) is 0 Å². The summed E-state index contributed by atoms with van der Waals surface area (Å²) >= 11 is 0. The Labute approximate surface area is 146 Å². The Hall–Kier alpha value is -3.15. The van der Waals surface area contributed by atoms with Crippen molar-refractivity contribution in [2.75, 3.05) is 10.6 Å². The number of carbonyl (C=O) groups excluding carboxylic acids is 1. The average molecular weight is 335 g/mol. The number of pyridine rings is 1. The van der Waals surface area contributed by atoms with Crippen LogP contribution in [0.3, 0.4) is 0 Å². The van der Waals surface area contributed by atoms with Crippen molar-refractivity contribution in [3.05, 3.63) is 72.6 Å². The zero-order valence-corrected chi connectivity index (χ0v) is 14.1. The van der Waals surface area contributed by atoms with E-state index in [1.54, 1.807) is 12.5 Å². The molecule has 2 aromatic heterocycles. The van der Waals surface area contributed by atoms with Gasteiger partial charge >= 0.3 is 0 Å². The Morgan fingerprint density at radius 3 is 2.84 bits per heavy atom. The Balaban J connectivity index is 1.51. The van der Waals surface area contributed by atoms with E-state index >= 15 is 0 Å². The predicted molar refractivity (Wildman–Crippen MR) is 98.2 cm³/mol. The molecule has 1 amide bonds. The van der Waals surface area contributed by atoms with Gasteiger partial charge in [0.05, 0.1) is 18.6 Å². The van der Waals surface area contributed by atoms with Crippen molar-refractivity contribution in [3.63, 3.8) is 0 Å². The number of aromatic nitrogens is 3. The van der Waals surface area contributed by atoms with Crippen LogP contribution in [-0.2, 0) is 17.9 Å². The first kappa shape index (κ1) is 16.7. The maximum Gasteiger partial charge on any atom is 0.226 e. The van der Waals surface area contributed by atoms with Crippen LogP contribution in [0.2, 0.25) is 0 Å². The van der Waals surface area contributed by atoms with Crippen LogP contribution in [0, 0.1) is 6.92 Å². The Bertz CT molecular complexity index is 812. The largest absolute Gasteiger partial charge is 0.379 e. The van der Waals surface area contributed by atoms with Gasteiger partial charge < -0.3 is 15.2 Å². The lowest BCUT2D eigenvalue weighted by atomic mass is 10.2. The van der Waals surface area contributed by atoms with Gasteiger partial charge in [-0.1, -0.05) is 12.1 Å². The van der Waals surface area contributed by atoms with Crippen molar-refractivity contribution in [1.29, 1.82) is 0 Å². The van der Waals surface area contributed by atoms with Crippen LogP contribution in [-0.4, -0.2) is 20.4 Å². The van der Waals surface area contributed by atoms with E-state index in [2.05, 4.69) is 20.6 Å². The molecule has 0 fully saturated rings. The van der Waals surface area contributed by atoms with Gasteiger partial charge in [0.1, 0.15) is 0 Å². The first-order valence-corrected chi connectivity index (χ1v) is 8.20. The smallest absolute Gasteiger partial charge is 0.226 e. The van der Waals surface area contributed by atoms with Crippen molar-refractivity contribution in [1.82, 2.24) is 14.5 Å². The van der Waals surface area contributed by atoms with Crippen molar-refractivity contribution in [2.45, 2.75) is 26.4 Å². The number of rotatable bonds is 7.